The molecule has 2 aromatic carbocycles. The molecule has 0 fully saturated rings. The highest BCUT2D eigenvalue weighted by molar-refractivity contribution is 9.10. The molecule has 0 saturated carbocycles. The van der Waals surface area contributed by atoms with E-state index in [-0.39, 0.29) is 11.9 Å². The summed E-state index contributed by atoms with van der Waals surface area (Å²) in [5, 5.41) is 3.20. The van der Waals surface area contributed by atoms with Crippen LogP contribution in [-0.4, -0.2) is 7.05 Å². The van der Waals surface area contributed by atoms with Gasteiger partial charge in [-0.05, 0) is 38.1 Å². The Balaban J connectivity index is 2.30. The average Bonchev–Trinajstić information content (AvgIpc) is 2.41. The van der Waals surface area contributed by atoms with Gasteiger partial charge in [0.05, 0.1) is 0 Å². The standard InChI is InChI=1S/C16H17BrFN/c1-11-7-8-15(18)13(9-11)16(19-2)10-12-5-3-4-6-14(12)17/h3-9,16,19H,10H2,1-2H3. The number of aryl methyl sites for hydroxylation is 1. The van der Waals surface area contributed by atoms with E-state index in [1.807, 2.05) is 38.2 Å². The monoisotopic (exact) mass is 321 g/mol. The van der Waals surface area contributed by atoms with Gasteiger partial charge in [0.2, 0.25) is 0 Å². The molecule has 0 aromatic heterocycles. The van der Waals surface area contributed by atoms with Crippen molar-refractivity contribution in [2.24, 2.45) is 0 Å². The van der Waals surface area contributed by atoms with Crippen LogP contribution in [0, 0.1) is 12.7 Å². The van der Waals surface area contributed by atoms with Crippen molar-refractivity contribution in [3.05, 3.63) is 69.4 Å². The maximum absolute atomic E-state index is 14.0. The summed E-state index contributed by atoms with van der Waals surface area (Å²) in [6, 6.07) is 13.3. The van der Waals surface area contributed by atoms with Gasteiger partial charge in [0, 0.05) is 16.1 Å². The van der Waals surface area contributed by atoms with Crippen molar-refractivity contribution >= 4 is 15.9 Å². The fourth-order valence-electron chi connectivity index (χ4n) is 2.18. The highest BCUT2D eigenvalue weighted by atomic mass is 79.9. The molecule has 0 saturated heterocycles. The predicted octanol–water partition coefficient (Wildman–Crippen LogP) is 4.40. The molecule has 100 valence electrons. The molecule has 0 aliphatic heterocycles. The second-order valence-electron chi connectivity index (χ2n) is 4.66. The summed E-state index contributed by atoms with van der Waals surface area (Å²) in [5.74, 6) is -0.156. The summed E-state index contributed by atoms with van der Waals surface area (Å²) in [6.45, 7) is 1.98. The fraction of sp³-hybridized carbons (Fsp3) is 0.250. The number of hydrogen-bond donors (Lipinski definition) is 1. The molecule has 1 unspecified atom stereocenters. The highest BCUT2D eigenvalue weighted by Crippen LogP contribution is 2.25. The van der Waals surface area contributed by atoms with Crippen LogP contribution >= 0.6 is 15.9 Å². The van der Waals surface area contributed by atoms with Crippen LogP contribution in [-0.2, 0) is 6.42 Å². The number of rotatable bonds is 4. The third-order valence-electron chi connectivity index (χ3n) is 3.26. The second kappa shape index (κ2) is 6.31. The molecule has 0 aliphatic carbocycles. The fourth-order valence-corrected chi connectivity index (χ4v) is 2.63. The van der Waals surface area contributed by atoms with Crippen LogP contribution in [0.2, 0.25) is 0 Å². The van der Waals surface area contributed by atoms with Crippen LogP contribution in [0.5, 0.6) is 0 Å². The zero-order valence-corrected chi connectivity index (χ0v) is 12.7. The van der Waals surface area contributed by atoms with Gasteiger partial charge in [0.15, 0.2) is 0 Å². The minimum atomic E-state index is -0.156. The molecule has 0 heterocycles. The first-order valence-corrected chi connectivity index (χ1v) is 7.08. The Morgan fingerprint density at radius 3 is 2.63 bits per heavy atom. The molecule has 0 aliphatic rings. The molecule has 2 aromatic rings. The lowest BCUT2D eigenvalue weighted by Crippen LogP contribution is -2.20. The summed E-state index contributed by atoms with van der Waals surface area (Å²) < 4.78 is 15.0. The Kier molecular flexibility index (Phi) is 4.72. The van der Waals surface area contributed by atoms with Gasteiger partial charge >= 0.3 is 0 Å². The van der Waals surface area contributed by atoms with E-state index in [4.69, 9.17) is 0 Å². The van der Waals surface area contributed by atoms with E-state index in [0.717, 1.165) is 22.0 Å². The summed E-state index contributed by atoms with van der Waals surface area (Å²) in [5.41, 5.74) is 2.96. The first kappa shape index (κ1) is 14.2. The van der Waals surface area contributed by atoms with Crippen LogP contribution in [0.3, 0.4) is 0 Å². The van der Waals surface area contributed by atoms with E-state index in [1.165, 1.54) is 11.6 Å². The zero-order chi connectivity index (χ0) is 13.8. The van der Waals surface area contributed by atoms with E-state index in [9.17, 15) is 4.39 Å². The van der Waals surface area contributed by atoms with Crippen molar-refractivity contribution in [1.29, 1.82) is 0 Å². The Morgan fingerprint density at radius 2 is 1.95 bits per heavy atom. The lowest BCUT2D eigenvalue weighted by molar-refractivity contribution is 0.533. The van der Waals surface area contributed by atoms with E-state index in [1.54, 1.807) is 6.07 Å². The molecule has 0 amide bonds. The molecule has 1 atom stereocenters. The smallest absolute Gasteiger partial charge is 0.128 e. The molecule has 2 rings (SSSR count). The minimum Gasteiger partial charge on any atom is -0.313 e. The molecule has 3 heteroatoms. The van der Waals surface area contributed by atoms with Gasteiger partial charge in [0.25, 0.3) is 0 Å². The molecule has 0 bridgehead atoms. The maximum Gasteiger partial charge on any atom is 0.128 e. The average molecular weight is 322 g/mol. The van der Waals surface area contributed by atoms with Crippen molar-refractivity contribution in [2.75, 3.05) is 7.05 Å². The molecular formula is C16H17BrFN. The van der Waals surface area contributed by atoms with E-state index in [2.05, 4.69) is 27.3 Å². The molecule has 1 nitrogen and oxygen atoms in total. The summed E-state index contributed by atoms with van der Waals surface area (Å²) in [7, 11) is 1.86. The van der Waals surface area contributed by atoms with E-state index < -0.39 is 0 Å². The predicted molar refractivity (Wildman–Crippen MR) is 80.8 cm³/mol. The van der Waals surface area contributed by atoms with Crippen LogP contribution in [0.25, 0.3) is 0 Å². The Bertz CT molecular complexity index is 568. The van der Waals surface area contributed by atoms with Gasteiger partial charge in [-0.1, -0.05) is 51.8 Å². The number of hydrogen-bond acceptors (Lipinski definition) is 1. The van der Waals surface area contributed by atoms with E-state index >= 15 is 0 Å². The number of benzene rings is 2. The normalized spacial score (nSPS) is 12.4. The van der Waals surface area contributed by atoms with Gasteiger partial charge < -0.3 is 5.32 Å². The van der Waals surface area contributed by atoms with Crippen molar-refractivity contribution < 1.29 is 4.39 Å². The third-order valence-corrected chi connectivity index (χ3v) is 4.03. The van der Waals surface area contributed by atoms with E-state index in [0.29, 0.717) is 0 Å². The van der Waals surface area contributed by atoms with Crippen molar-refractivity contribution in [3.63, 3.8) is 0 Å². The van der Waals surface area contributed by atoms with Crippen LogP contribution in [0.15, 0.2) is 46.9 Å². The number of nitrogens with one attached hydrogen (secondary N) is 1. The van der Waals surface area contributed by atoms with Crippen LogP contribution in [0.1, 0.15) is 22.7 Å². The quantitative estimate of drug-likeness (QED) is 0.880. The van der Waals surface area contributed by atoms with Crippen LogP contribution < -0.4 is 5.32 Å². The Labute approximate surface area is 122 Å². The van der Waals surface area contributed by atoms with Gasteiger partial charge in [-0.3, -0.25) is 0 Å². The van der Waals surface area contributed by atoms with Gasteiger partial charge in [-0.2, -0.15) is 0 Å². The molecule has 0 spiro atoms. The maximum atomic E-state index is 14.0. The minimum absolute atomic E-state index is 0.0291. The SMILES string of the molecule is CNC(Cc1ccccc1Br)c1cc(C)ccc1F. The first-order chi connectivity index (χ1) is 9.11. The van der Waals surface area contributed by atoms with Gasteiger partial charge in [0.1, 0.15) is 5.82 Å². The van der Waals surface area contributed by atoms with Gasteiger partial charge in [-0.15, -0.1) is 0 Å². The van der Waals surface area contributed by atoms with Crippen molar-refractivity contribution in [3.8, 4) is 0 Å². The number of likely N-dealkylation sites (N-methyl/N-ethyl adjacent to an activating group) is 1. The molecule has 1 N–H and O–H groups in total. The Hall–Kier alpha value is -1.19. The number of halogens is 2. The molecular weight excluding hydrogens is 305 g/mol. The lowest BCUT2D eigenvalue weighted by atomic mass is 9.97. The molecule has 0 radical (unpaired) electrons. The van der Waals surface area contributed by atoms with Crippen molar-refractivity contribution in [1.82, 2.24) is 5.32 Å². The topological polar surface area (TPSA) is 12.0 Å². The summed E-state index contributed by atoms with van der Waals surface area (Å²) in [4.78, 5) is 0. The Morgan fingerprint density at radius 1 is 1.21 bits per heavy atom. The van der Waals surface area contributed by atoms with Crippen LogP contribution in [0.4, 0.5) is 4.39 Å². The third kappa shape index (κ3) is 3.43. The first-order valence-electron chi connectivity index (χ1n) is 6.28. The van der Waals surface area contributed by atoms with Gasteiger partial charge in [-0.25, -0.2) is 4.39 Å². The summed E-state index contributed by atoms with van der Waals surface area (Å²) in [6.07, 6.45) is 0.748. The summed E-state index contributed by atoms with van der Waals surface area (Å²) >= 11 is 3.54. The largest absolute Gasteiger partial charge is 0.313 e. The molecule has 19 heavy (non-hydrogen) atoms. The lowest BCUT2D eigenvalue weighted by Gasteiger charge is -2.19. The second-order valence-corrected chi connectivity index (χ2v) is 5.52. The highest BCUT2D eigenvalue weighted by Gasteiger charge is 2.15. The van der Waals surface area contributed by atoms with Crippen molar-refractivity contribution in [2.45, 2.75) is 19.4 Å². The zero-order valence-electron chi connectivity index (χ0n) is 11.1.